The molecule has 0 amide bonds. The molecule has 0 bridgehead atoms. The maximum atomic E-state index is 11.6. The van der Waals surface area contributed by atoms with E-state index < -0.39 is 5.97 Å². The Bertz CT molecular complexity index is 621. The van der Waals surface area contributed by atoms with E-state index in [0.29, 0.717) is 5.65 Å². The second-order valence-electron chi connectivity index (χ2n) is 3.23. The Labute approximate surface area is 98.5 Å². The van der Waals surface area contributed by atoms with Crippen LogP contribution in [0.15, 0.2) is 33.7 Å². The van der Waals surface area contributed by atoms with Crippen molar-refractivity contribution >= 4 is 27.5 Å². The van der Waals surface area contributed by atoms with Crippen LogP contribution in [-0.4, -0.2) is 20.5 Å². The molecule has 0 atom stereocenters. The van der Waals surface area contributed by atoms with Gasteiger partial charge in [0.05, 0.1) is 12.1 Å². The van der Waals surface area contributed by atoms with Crippen LogP contribution in [0, 0.1) is 0 Å². The highest BCUT2D eigenvalue weighted by atomic mass is 79.9. The predicted molar refractivity (Wildman–Crippen MR) is 60.5 cm³/mol. The molecule has 0 aliphatic rings. The summed E-state index contributed by atoms with van der Waals surface area (Å²) in [6, 6.07) is 4.62. The van der Waals surface area contributed by atoms with Crippen molar-refractivity contribution in [3.63, 3.8) is 0 Å². The predicted octanol–water partition coefficient (Wildman–Crippen LogP) is 1.08. The normalized spacial score (nSPS) is 10.6. The fourth-order valence-electron chi connectivity index (χ4n) is 1.37. The molecule has 0 aliphatic carbocycles. The number of carboxylic acids is 1. The van der Waals surface area contributed by atoms with Gasteiger partial charge in [0, 0.05) is 16.7 Å². The van der Waals surface area contributed by atoms with Crippen molar-refractivity contribution in [2.45, 2.75) is 6.42 Å². The van der Waals surface area contributed by atoms with Crippen molar-refractivity contribution in [3.8, 4) is 0 Å². The van der Waals surface area contributed by atoms with Crippen molar-refractivity contribution in [1.29, 1.82) is 0 Å². The van der Waals surface area contributed by atoms with E-state index in [0.717, 1.165) is 4.47 Å². The number of hydrogen-bond donors (Lipinski definition) is 1. The quantitative estimate of drug-likeness (QED) is 0.895. The summed E-state index contributed by atoms with van der Waals surface area (Å²) >= 11 is 3.24. The first kappa shape index (κ1) is 10.8. The first-order valence-corrected chi connectivity index (χ1v) is 5.25. The van der Waals surface area contributed by atoms with Crippen molar-refractivity contribution in [1.82, 2.24) is 9.38 Å². The summed E-state index contributed by atoms with van der Waals surface area (Å²) in [6.45, 7) is 0. The minimum atomic E-state index is -1.01. The van der Waals surface area contributed by atoms with Crippen molar-refractivity contribution in [3.05, 3.63) is 44.9 Å². The van der Waals surface area contributed by atoms with Crippen molar-refractivity contribution in [2.24, 2.45) is 0 Å². The molecule has 0 radical (unpaired) electrons. The highest BCUT2D eigenvalue weighted by molar-refractivity contribution is 9.10. The Hall–Kier alpha value is -1.69. The number of aromatic nitrogens is 2. The summed E-state index contributed by atoms with van der Waals surface area (Å²) in [5.41, 5.74) is 0.411. The molecule has 0 aromatic carbocycles. The van der Waals surface area contributed by atoms with Crippen LogP contribution in [0.5, 0.6) is 0 Å². The maximum absolute atomic E-state index is 11.6. The molecule has 0 saturated heterocycles. The van der Waals surface area contributed by atoms with Gasteiger partial charge in [0.1, 0.15) is 5.65 Å². The Morgan fingerprint density at radius 3 is 2.94 bits per heavy atom. The molecule has 0 saturated carbocycles. The number of carboxylic acid groups (broad SMARTS) is 1. The number of nitrogens with zero attached hydrogens (tertiary/aromatic N) is 2. The highest BCUT2D eigenvalue weighted by Gasteiger charge is 2.06. The van der Waals surface area contributed by atoms with Crippen LogP contribution >= 0.6 is 15.9 Å². The van der Waals surface area contributed by atoms with Crippen LogP contribution < -0.4 is 5.56 Å². The number of halogens is 1. The molecule has 0 fully saturated rings. The Balaban J connectivity index is 2.64. The third kappa shape index (κ3) is 2.11. The van der Waals surface area contributed by atoms with Crippen LogP contribution in [0.1, 0.15) is 5.69 Å². The summed E-state index contributed by atoms with van der Waals surface area (Å²) in [6.07, 6.45) is 1.34. The zero-order valence-electron chi connectivity index (χ0n) is 8.05. The van der Waals surface area contributed by atoms with Gasteiger partial charge in [-0.05, 0) is 28.1 Å². The molecular weight excluding hydrogens is 276 g/mol. The summed E-state index contributed by atoms with van der Waals surface area (Å²) in [7, 11) is 0. The molecule has 82 valence electrons. The van der Waals surface area contributed by atoms with Crippen LogP contribution in [0.3, 0.4) is 0 Å². The van der Waals surface area contributed by atoms with Gasteiger partial charge in [0.2, 0.25) is 0 Å². The first-order valence-electron chi connectivity index (χ1n) is 4.46. The van der Waals surface area contributed by atoms with Gasteiger partial charge in [-0.1, -0.05) is 0 Å². The molecule has 2 aromatic rings. The third-order valence-electron chi connectivity index (χ3n) is 2.01. The topological polar surface area (TPSA) is 71.7 Å². The lowest BCUT2D eigenvalue weighted by atomic mass is 10.3. The summed E-state index contributed by atoms with van der Waals surface area (Å²) in [5.74, 6) is -1.01. The van der Waals surface area contributed by atoms with E-state index in [1.807, 2.05) is 0 Å². The summed E-state index contributed by atoms with van der Waals surface area (Å²) in [4.78, 5) is 26.2. The zero-order chi connectivity index (χ0) is 11.7. The van der Waals surface area contributed by atoms with Crippen LogP contribution in [0.2, 0.25) is 0 Å². The maximum Gasteiger partial charge on any atom is 0.309 e. The number of aliphatic carboxylic acids is 1. The molecule has 16 heavy (non-hydrogen) atoms. The van der Waals surface area contributed by atoms with Gasteiger partial charge in [-0.25, -0.2) is 4.98 Å². The van der Waals surface area contributed by atoms with Gasteiger partial charge in [0.15, 0.2) is 0 Å². The number of carbonyl (C=O) groups is 1. The number of pyridine rings is 1. The molecule has 0 spiro atoms. The van der Waals surface area contributed by atoms with Crippen LogP contribution in [-0.2, 0) is 11.2 Å². The molecule has 6 heteroatoms. The van der Waals surface area contributed by atoms with E-state index in [4.69, 9.17) is 5.11 Å². The van der Waals surface area contributed by atoms with E-state index in [1.165, 1.54) is 10.5 Å². The molecule has 0 aliphatic heterocycles. The van der Waals surface area contributed by atoms with Gasteiger partial charge < -0.3 is 5.11 Å². The van der Waals surface area contributed by atoms with E-state index >= 15 is 0 Å². The van der Waals surface area contributed by atoms with E-state index in [9.17, 15) is 9.59 Å². The lowest BCUT2D eigenvalue weighted by Crippen LogP contribution is -2.16. The molecule has 2 rings (SSSR count). The molecule has 5 nitrogen and oxygen atoms in total. The largest absolute Gasteiger partial charge is 0.481 e. The zero-order valence-corrected chi connectivity index (χ0v) is 9.64. The van der Waals surface area contributed by atoms with Crippen LogP contribution in [0.4, 0.5) is 0 Å². The lowest BCUT2D eigenvalue weighted by molar-refractivity contribution is -0.136. The Morgan fingerprint density at radius 2 is 2.25 bits per heavy atom. The minimum Gasteiger partial charge on any atom is -0.481 e. The summed E-state index contributed by atoms with van der Waals surface area (Å²) < 4.78 is 2.12. The number of fused-ring (bicyclic) bond motifs is 1. The van der Waals surface area contributed by atoms with Crippen molar-refractivity contribution in [2.75, 3.05) is 0 Å². The van der Waals surface area contributed by atoms with Crippen molar-refractivity contribution < 1.29 is 9.90 Å². The lowest BCUT2D eigenvalue weighted by Gasteiger charge is -2.02. The van der Waals surface area contributed by atoms with Gasteiger partial charge in [0.25, 0.3) is 5.56 Å². The molecule has 1 N–H and O–H groups in total. The summed E-state index contributed by atoms with van der Waals surface area (Å²) in [5, 5.41) is 8.62. The van der Waals surface area contributed by atoms with E-state index in [2.05, 4.69) is 20.9 Å². The molecule has 2 aromatic heterocycles. The standard InChI is InChI=1S/C10H7BrN2O3/c11-6-1-2-8-12-7(4-10(15)16)3-9(14)13(8)5-6/h1-3,5H,4H2,(H,15,16). The minimum absolute atomic E-state index is 0.248. The van der Waals surface area contributed by atoms with E-state index in [-0.39, 0.29) is 17.7 Å². The average Bonchev–Trinajstić information content (AvgIpc) is 2.18. The van der Waals surface area contributed by atoms with Gasteiger partial charge in [-0.2, -0.15) is 0 Å². The van der Waals surface area contributed by atoms with E-state index in [1.54, 1.807) is 18.3 Å². The molecule has 0 unspecified atom stereocenters. The number of hydrogen-bond acceptors (Lipinski definition) is 3. The Kier molecular flexibility index (Phi) is 2.74. The second-order valence-corrected chi connectivity index (χ2v) is 4.15. The first-order chi connectivity index (χ1) is 7.56. The Morgan fingerprint density at radius 1 is 1.50 bits per heavy atom. The highest BCUT2D eigenvalue weighted by Crippen LogP contribution is 2.09. The third-order valence-corrected chi connectivity index (χ3v) is 2.48. The second kappa shape index (κ2) is 4.05. The molecule has 2 heterocycles. The average molecular weight is 283 g/mol. The number of rotatable bonds is 2. The monoisotopic (exact) mass is 282 g/mol. The van der Waals surface area contributed by atoms with Gasteiger partial charge in [-0.15, -0.1) is 0 Å². The van der Waals surface area contributed by atoms with Gasteiger partial charge >= 0.3 is 5.97 Å². The van der Waals surface area contributed by atoms with Crippen LogP contribution in [0.25, 0.3) is 5.65 Å². The SMILES string of the molecule is O=C(O)Cc1cc(=O)n2cc(Br)ccc2n1. The fraction of sp³-hybridized carbons (Fsp3) is 0.100. The van der Waals surface area contributed by atoms with Gasteiger partial charge in [-0.3, -0.25) is 14.0 Å². The molecular formula is C10H7BrN2O3. The fourth-order valence-corrected chi connectivity index (χ4v) is 1.71. The smallest absolute Gasteiger partial charge is 0.309 e.